The predicted octanol–water partition coefficient (Wildman–Crippen LogP) is 4.83. The highest BCUT2D eigenvalue weighted by Crippen LogP contribution is 2.26. The van der Waals surface area contributed by atoms with Crippen molar-refractivity contribution in [1.82, 2.24) is 5.32 Å². The predicted molar refractivity (Wildman–Crippen MR) is 78.4 cm³/mol. The van der Waals surface area contributed by atoms with Crippen LogP contribution in [-0.4, -0.2) is 6.54 Å². The molecule has 0 aromatic heterocycles. The zero-order chi connectivity index (χ0) is 13.8. The van der Waals surface area contributed by atoms with Gasteiger partial charge in [0.05, 0.1) is 11.1 Å². The van der Waals surface area contributed by atoms with E-state index in [0.717, 1.165) is 17.7 Å². The maximum atomic E-state index is 13.6. The van der Waals surface area contributed by atoms with Crippen LogP contribution in [0.5, 0.6) is 0 Å². The molecular formula is C15H14Cl2FN. The lowest BCUT2D eigenvalue weighted by Gasteiger charge is -2.19. The summed E-state index contributed by atoms with van der Waals surface area (Å²) in [5, 5.41) is 4.14. The summed E-state index contributed by atoms with van der Waals surface area (Å²) >= 11 is 11.6. The van der Waals surface area contributed by atoms with Gasteiger partial charge >= 0.3 is 0 Å². The van der Waals surface area contributed by atoms with Crippen LogP contribution in [0.4, 0.5) is 4.39 Å². The van der Waals surface area contributed by atoms with Gasteiger partial charge in [-0.2, -0.15) is 0 Å². The molecule has 0 heterocycles. The van der Waals surface area contributed by atoms with Gasteiger partial charge in [-0.25, -0.2) is 4.39 Å². The Labute approximate surface area is 122 Å². The summed E-state index contributed by atoms with van der Waals surface area (Å²) < 4.78 is 13.6. The summed E-state index contributed by atoms with van der Waals surface area (Å²) in [6.45, 7) is 2.78. The van der Waals surface area contributed by atoms with Crippen molar-refractivity contribution < 1.29 is 4.39 Å². The van der Waals surface area contributed by atoms with Gasteiger partial charge < -0.3 is 5.32 Å². The van der Waals surface area contributed by atoms with Crippen molar-refractivity contribution in [3.8, 4) is 0 Å². The zero-order valence-electron chi connectivity index (χ0n) is 10.5. The van der Waals surface area contributed by atoms with E-state index in [9.17, 15) is 4.39 Å². The van der Waals surface area contributed by atoms with Crippen molar-refractivity contribution in [3.63, 3.8) is 0 Å². The topological polar surface area (TPSA) is 12.0 Å². The smallest absolute Gasteiger partial charge is 0.142 e. The maximum Gasteiger partial charge on any atom is 0.142 e. The Balaban J connectivity index is 2.38. The molecule has 0 amide bonds. The van der Waals surface area contributed by atoms with E-state index in [2.05, 4.69) is 5.32 Å². The first kappa shape index (κ1) is 14.3. The number of hydrogen-bond acceptors (Lipinski definition) is 1. The molecule has 4 heteroatoms. The Bertz CT molecular complexity index is 555. The molecule has 1 unspecified atom stereocenters. The maximum absolute atomic E-state index is 13.6. The number of benzene rings is 2. The van der Waals surface area contributed by atoms with Gasteiger partial charge in [0.25, 0.3) is 0 Å². The zero-order valence-corrected chi connectivity index (χ0v) is 12.0. The number of hydrogen-bond donors (Lipinski definition) is 1. The SMILES string of the molecule is CCNC(c1ccc(Cl)cc1)c1ccc(Cl)c(F)c1. The van der Waals surface area contributed by atoms with Gasteiger partial charge in [-0.05, 0) is 41.9 Å². The van der Waals surface area contributed by atoms with Gasteiger partial charge in [0, 0.05) is 5.02 Å². The van der Waals surface area contributed by atoms with E-state index in [-0.39, 0.29) is 11.1 Å². The summed E-state index contributed by atoms with van der Waals surface area (Å²) in [4.78, 5) is 0. The van der Waals surface area contributed by atoms with Crippen molar-refractivity contribution in [2.24, 2.45) is 0 Å². The van der Waals surface area contributed by atoms with Crippen molar-refractivity contribution in [2.75, 3.05) is 6.54 Å². The highest BCUT2D eigenvalue weighted by molar-refractivity contribution is 6.30. The van der Waals surface area contributed by atoms with E-state index in [0.29, 0.717) is 5.02 Å². The molecule has 1 N–H and O–H groups in total. The highest BCUT2D eigenvalue weighted by atomic mass is 35.5. The molecule has 19 heavy (non-hydrogen) atoms. The lowest BCUT2D eigenvalue weighted by molar-refractivity contribution is 0.603. The van der Waals surface area contributed by atoms with Crippen LogP contribution in [0.3, 0.4) is 0 Å². The van der Waals surface area contributed by atoms with E-state index in [1.807, 2.05) is 37.3 Å². The minimum absolute atomic E-state index is 0.0750. The summed E-state index contributed by atoms with van der Waals surface area (Å²) in [5.74, 6) is -0.406. The van der Waals surface area contributed by atoms with E-state index in [4.69, 9.17) is 23.2 Å². The van der Waals surface area contributed by atoms with E-state index < -0.39 is 5.82 Å². The Morgan fingerprint density at radius 2 is 1.68 bits per heavy atom. The molecule has 0 radical (unpaired) electrons. The first-order valence-corrected chi connectivity index (χ1v) is 6.81. The largest absolute Gasteiger partial charge is 0.307 e. The second-order valence-electron chi connectivity index (χ2n) is 4.22. The van der Waals surface area contributed by atoms with Gasteiger partial charge in [-0.1, -0.05) is 48.3 Å². The lowest BCUT2D eigenvalue weighted by Crippen LogP contribution is -2.22. The lowest BCUT2D eigenvalue weighted by atomic mass is 9.98. The monoisotopic (exact) mass is 297 g/mol. The van der Waals surface area contributed by atoms with Gasteiger partial charge in [0.2, 0.25) is 0 Å². The minimum atomic E-state index is -0.406. The molecule has 1 nitrogen and oxygen atoms in total. The number of rotatable bonds is 4. The molecule has 0 aliphatic heterocycles. The summed E-state index contributed by atoms with van der Waals surface area (Å²) in [6.07, 6.45) is 0. The molecule has 2 aromatic rings. The fourth-order valence-electron chi connectivity index (χ4n) is 1.98. The molecule has 100 valence electrons. The highest BCUT2D eigenvalue weighted by Gasteiger charge is 2.14. The second kappa shape index (κ2) is 6.38. The fraction of sp³-hybridized carbons (Fsp3) is 0.200. The van der Waals surface area contributed by atoms with Gasteiger partial charge in [-0.15, -0.1) is 0 Å². The summed E-state index contributed by atoms with van der Waals surface area (Å²) in [7, 11) is 0. The molecule has 0 aliphatic carbocycles. The molecule has 1 atom stereocenters. The second-order valence-corrected chi connectivity index (χ2v) is 5.06. The first-order chi connectivity index (χ1) is 9.11. The molecular weight excluding hydrogens is 284 g/mol. The Morgan fingerprint density at radius 3 is 2.26 bits per heavy atom. The molecule has 2 rings (SSSR count). The average molecular weight is 298 g/mol. The molecule has 0 saturated carbocycles. The molecule has 0 aliphatic rings. The molecule has 2 aromatic carbocycles. The quantitative estimate of drug-likeness (QED) is 0.852. The van der Waals surface area contributed by atoms with Crippen LogP contribution < -0.4 is 5.32 Å². The Hall–Kier alpha value is -1.09. The van der Waals surface area contributed by atoms with Crippen LogP contribution in [0.25, 0.3) is 0 Å². The third-order valence-corrected chi connectivity index (χ3v) is 3.45. The van der Waals surface area contributed by atoms with E-state index >= 15 is 0 Å². The first-order valence-electron chi connectivity index (χ1n) is 6.05. The van der Waals surface area contributed by atoms with E-state index in [1.165, 1.54) is 6.07 Å². The molecule has 0 fully saturated rings. The normalized spacial score (nSPS) is 12.4. The van der Waals surface area contributed by atoms with Crippen LogP contribution in [0.1, 0.15) is 24.1 Å². The van der Waals surface area contributed by atoms with Gasteiger partial charge in [-0.3, -0.25) is 0 Å². The third kappa shape index (κ3) is 3.47. The van der Waals surface area contributed by atoms with Crippen molar-refractivity contribution in [1.29, 1.82) is 0 Å². The Morgan fingerprint density at radius 1 is 1.05 bits per heavy atom. The summed E-state index contributed by atoms with van der Waals surface area (Å²) in [5.41, 5.74) is 1.87. The molecule has 0 saturated heterocycles. The van der Waals surface area contributed by atoms with Crippen LogP contribution in [0.15, 0.2) is 42.5 Å². The number of halogens is 3. The third-order valence-electron chi connectivity index (χ3n) is 2.89. The van der Waals surface area contributed by atoms with Crippen LogP contribution in [0.2, 0.25) is 10.0 Å². The van der Waals surface area contributed by atoms with Crippen LogP contribution in [0, 0.1) is 5.82 Å². The summed E-state index contributed by atoms with van der Waals surface area (Å²) in [6, 6.07) is 12.3. The van der Waals surface area contributed by atoms with Crippen LogP contribution in [-0.2, 0) is 0 Å². The average Bonchev–Trinajstić information content (AvgIpc) is 2.41. The van der Waals surface area contributed by atoms with E-state index in [1.54, 1.807) is 6.07 Å². The minimum Gasteiger partial charge on any atom is -0.307 e. The van der Waals surface area contributed by atoms with Crippen molar-refractivity contribution >= 4 is 23.2 Å². The Kier molecular flexibility index (Phi) is 4.81. The van der Waals surface area contributed by atoms with Crippen LogP contribution >= 0.6 is 23.2 Å². The van der Waals surface area contributed by atoms with Crippen molar-refractivity contribution in [3.05, 3.63) is 69.5 Å². The van der Waals surface area contributed by atoms with Gasteiger partial charge in [0.1, 0.15) is 5.82 Å². The van der Waals surface area contributed by atoms with Crippen molar-refractivity contribution in [2.45, 2.75) is 13.0 Å². The standard InChI is InChI=1S/C15H14Cl2FN/c1-2-19-15(10-3-6-12(16)7-4-10)11-5-8-13(17)14(18)9-11/h3-9,15,19H,2H2,1H3. The number of nitrogens with one attached hydrogen (secondary N) is 1. The molecule has 0 bridgehead atoms. The van der Waals surface area contributed by atoms with Gasteiger partial charge in [0.15, 0.2) is 0 Å². The molecule has 0 spiro atoms. The fourth-order valence-corrected chi connectivity index (χ4v) is 2.22.